The number of carbonyl (C=O) groups excluding carboxylic acids is 1. The van der Waals surface area contributed by atoms with Crippen molar-refractivity contribution in [3.05, 3.63) is 35.9 Å². The summed E-state index contributed by atoms with van der Waals surface area (Å²) in [5, 5.41) is 0. The largest absolute Gasteiger partial charge is 0.378 e. The molecular formula is C16H23N3O2. The van der Waals surface area contributed by atoms with Crippen LogP contribution in [0.25, 0.3) is 0 Å². The van der Waals surface area contributed by atoms with Crippen LogP contribution in [-0.2, 0) is 4.74 Å². The predicted octanol–water partition coefficient (Wildman–Crippen LogP) is 1.43. The van der Waals surface area contributed by atoms with Gasteiger partial charge in [-0.1, -0.05) is 30.3 Å². The van der Waals surface area contributed by atoms with Crippen LogP contribution in [0.1, 0.15) is 11.6 Å². The molecule has 1 atom stereocenters. The van der Waals surface area contributed by atoms with Gasteiger partial charge >= 0.3 is 6.03 Å². The molecule has 5 heteroatoms. The molecule has 2 amide bonds. The van der Waals surface area contributed by atoms with Crippen LogP contribution in [0.4, 0.5) is 4.79 Å². The molecule has 0 saturated carbocycles. The summed E-state index contributed by atoms with van der Waals surface area (Å²) < 4.78 is 5.32. The van der Waals surface area contributed by atoms with E-state index in [0.29, 0.717) is 26.3 Å². The molecule has 0 aromatic heterocycles. The Kier molecular flexibility index (Phi) is 4.41. The summed E-state index contributed by atoms with van der Waals surface area (Å²) in [7, 11) is 2.13. The molecule has 3 rings (SSSR count). The smallest absolute Gasteiger partial charge is 0.320 e. The summed E-state index contributed by atoms with van der Waals surface area (Å²) in [5.41, 5.74) is 1.28. The highest BCUT2D eigenvalue weighted by Gasteiger charge is 2.31. The minimum absolute atomic E-state index is 0.160. The minimum atomic E-state index is 0.160. The van der Waals surface area contributed by atoms with Crippen LogP contribution in [0.2, 0.25) is 0 Å². The van der Waals surface area contributed by atoms with Gasteiger partial charge in [0.25, 0.3) is 0 Å². The number of rotatable bonds is 1. The first-order valence-corrected chi connectivity index (χ1v) is 7.62. The summed E-state index contributed by atoms with van der Waals surface area (Å²) in [4.78, 5) is 18.8. The van der Waals surface area contributed by atoms with E-state index in [4.69, 9.17) is 4.74 Å². The molecule has 0 radical (unpaired) electrons. The van der Waals surface area contributed by atoms with Crippen molar-refractivity contribution in [1.82, 2.24) is 14.7 Å². The summed E-state index contributed by atoms with van der Waals surface area (Å²) >= 11 is 0. The van der Waals surface area contributed by atoms with E-state index >= 15 is 0 Å². The molecule has 1 aromatic rings. The number of urea groups is 1. The average Bonchev–Trinajstić information content (AvgIpc) is 2.56. The first kappa shape index (κ1) is 14.4. The maximum absolute atomic E-state index is 12.6. The fourth-order valence-electron chi connectivity index (χ4n) is 3.04. The van der Waals surface area contributed by atoms with E-state index in [2.05, 4.69) is 36.2 Å². The molecule has 21 heavy (non-hydrogen) atoms. The van der Waals surface area contributed by atoms with Crippen molar-refractivity contribution in [2.24, 2.45) is 0 Å². The van der Waals surface area contributed by atoms with Gasteiger partial charge in [0.05, 0.1) is 19.3 Å². The van der Waals surface area contributed by atoms with Crippen molar-refractivity contribution >= 4 is 6.03 Å². The lowest BCUT2D eigenvalue weighted by Crippen LogP contribution is -2.54. The molecule has 0 spiro atoms. The van der Waals surface area contributed by atoms with Gasteiger partial charge in [-0.3, -0.25) is 4.90 Å². The number of ether oxygens (including phenoxy) is 1. The van der Waals surface area contributed by atoms with Crippen molar-refractivity contribution in [3.8, 4) is 0 Å². The lowest BCUT2D eigenvalue weighted by Gasteiger charge is -2.42. The second-order valence-electron chi connectivity index (χ2n) is 5.74. The quantitative estimate of drug-likeness (QED) is 0.784. The van der Waals surface area contributed by atoms with Crippen molar-refractivity contribution in [2.75, 3.05) is 53.0 Å². The molecule has 0 N–H and O–H groups in total. The number of hydrogen-bond acceptors (Lipinski definition) is 3. The maximum atomic E-state index is 12.6. The maximum Gasteiger partial charge on any atom is 0.320 e. The Labute approximate surface area is 126 Å². The zero-order valence-corrected chi connectivity index (χ0v) is 12.6. The molecule has 0 bridgehead atoms. The third-order valence-electron chi connectivity index (χ3n) is 4.38. The van der Waals surface area contributed by atoms with E-state index in [9.17, 15) is 4.79 Å². The van der Waals surface area contributed by atoms with Crippen molar-refractivity contribution in [2.45, 2.75) is 6.04 Å². The normalized spacial score (nSPS) is 24.1. The summed E-state index contributed by atoms with van der Waals surface area (Å²) in [6, 6.07) is 10.9. The molecule has 2 saturated heterocycles. The molecule has 1 unspecified atom stereocenters. The Hall–Kier alpha value is -1.59. The van der Waals surface area contributed by atoms with E-state index in [1.165, 1.54) is 5.56 Å². The van der Waals surface area contributed by atoms with Crippen LogP contribution in [0.5, 0.6) is 0 Å². The number of likely N-dealkylation sites (N-methyl/N-ethyl adjacent to an activating group) is 1. The third kappa shape index (κ3) is 3.19. The number of amides is 2. The highest BCUT2D eigenvalue weighted by molar-refractivity contribution is 5.74. The summed E-state index contributed by atoms with van der Waals surface area (Å²) in [6.07, 6.45) is 0. The van der Waals surface area contributed by atoms with E-state index in [-0.39, 0.29) is 12.1 Å². The highest BCUT2D eigenvalue weighted by atomic mass is 16.5. The summed E-state index contributed by atoms with van der Waals surface area (Å²) in [6.45, 7) is 5.20. The van der Waals surface area contributed by atoms with Crippen LogP contribution >= 0.6 is 0 Å². The van der Waals surface area contributed by atoms with Gasteiger partial charge in [0, 0.05) is 32.7 Å². The molecule has 2 fully saturated rings. The van der Waals surface area contributed by atoms with Gasteiger partial charge < -0.3 is 14.5 Å². The number of carbonyl (C=O) groups is 1. The third-order valence-corrected chi connectivity index (χ3v) is 4.38. The van der Waals surface area contributed by atoms with Gasteiger partial charge in [-0.2, -0.15) is 0 Å². The fourth-order valence-corrected chi connectivity index (χ4v) is 3.04. The van der Waals surface area contributed by atoms with Crippen LogP contribution in [0.15, 0.2) is 30.3 Å². The van der Waals surface area contributed by atoms with Gasteiger partial charge in [-0.05, 0) is 12.6 Å². The van der Waals surface area contributed by atoms with E-state index in [1.54, 1.807) is 0 Å². The van der Waals surface area contributed by atoms with E-state index in [1.807, 2.05) is 15.9 Å². The van der Waals surface area contributed by atoms with Crippen molar-refractivity contribution < 1.29 is 9.53 Å². The SMILES string of the molecule is CN1CCN(C(=O)N2CCOCC2)CC1c1ccccc1. The minimum Gasteiger partial charge on any atom is -0.378 e. The Balaban J connectivity index is 1.69. The molecule has 2 aliphatic rings. The number of benzene rings is 1. The summed E-state index contributed by atoms with van der Waals surface area (Å²) in [5.74, 6) is 0. The number of morpholine rings is 1. The second-order valence-corrected chi connectivity index (χ2v) is 5.74. The molecule has 2 heterocycles. The first-order valence-electron chi connectivity index (χ1n) is 7.62. The van der Waals surface area contributed by atoms with Crippen LogP contribution in [0.3, 0.4) is 0 Å². The van der Waals surface area contributed by atoms with Crippen LogP contribution in [0, 0.1) is 0 Å². The molecule has 5 nitrogen and oxygen atoms in total. The fraction of sp³-hybridized carbons (Fsp3) is 0.562. The van der Waals surface area contributed by atoms with E-state index < -0.39 is 0 Å². The van der Waals surface area contributed by atoms with Gasteiger partial charge in [-0.25, -0.2) is 4.79 Å². The monoisotopic (exact) mass is 289 g/mol. The molecule has 0 aliphatic carbocycles. The number of piperazine rings is 1. The highest BCUT2D eigenvalue weighted by Crippen LogP contribution is 2.24. The first-order chi connectivity index (χ1) is 10.3. The van der Waals surface area contributed by atoms with Gasteiger partial charge in [-0.15, -0.1) is 0 Å². The Bertz CT molecular complexity index is 474. The standard InChI is InChI=1S/C16H23N3O2/c1-17-7-8-19(16(20)18-9-11-21-12-10-18)13-15(17)14-5-3-2-4-6-14/h2-6,15H,7-13H2,1H3. The molecule has 1 aromatic carbocycles. The van der Waals surface area contributed by atoms with Gasteiger partial charge in [0.1, 0.15) is 0 Å². The zero-order valence-electron chi connectivity index (χ0n) is 12.6. The number of nitrogens with zero attached hydrogens (tertiary/aromatic N) is 3. The molecular weight excluding hydrogens is 266 g/mol. The van der Waals surface area contributed by atoms with Crippen LogP contribution < -0.4 is 0 Å². The average molecular weight is 289 g/mol. The topological polar surface area (TPSA) is 36.0 Å². The Morgan fingerprint density at radius 1 is 1.05 bits per heavy atom. The van der Waals surface area contributed by atoms with Crippen LogP contribution in [-0.4, -0.2) is 73.7 Å². The molecule has 114 valence electrons. The predicted molar refractivity (Wildman–Crippen MR) is 81.2 cm³/mol. The second kappa shape index (κ2) is 6.45. The lowest BCUT2D eigenvalue weighted by atomic mass is 10.0. The van der Waals surface area contributed by atoms with Crippen molar-refractivity contribution in [1.29, 1.82) is 0 Å². The Morgan fingerprint density at radius 3 is 2.48 bits per heavy atom. The zero-order chi connectivity index (χ0) is 14.7. The van der Waals surface area contributed by atoms with Gasteiger partial charge in [0.2, 0.25) is 0 Å². The van der Waals surface area contributed by atoms with E-state index in [0.717, 1.165) is 19.6 Å². The van der Waals surface area contributed by atoms with Crippen molar-refractivity contribution in [3.63, 3.8) is 0 Å². The number of hydrogen-bond donors (Lipinski definition) is 0. The van der Waals surface area contributed by atoms with Gasteiger partial charge in [0.15, 0.2) is 0 Å². The lowest BCUT2D eigenvalue weighted by molar-refractivity contribution is 0.0330. The molecule has 2 aliphatic heterocycles. The Morgan fingerprint density at radius 2 is 1.76 bits per heavy atom.